The normalized spacial score (nSPS) is 11.6. The smallest absolute Gasteiger partial charge is 0.122 e. The summed E-state index contributed by atoms with van der Waals surface area (Å²) < 4.78 is 10.9. The van der Waals surface area contributed by atoms with Crippen molar-refractivity contribution < 1.29 is 9.47 Å². The summed E-state index contributed by atoms with van der Waals surface area (Å²) in [4.78, 5) is 0. The molecule has 4 heteroatoms. The summed E-state index contributed by atoms with van der Waals surface area (Å²) in [5.41, 5.74) is 8.19. The van der Waals surface area contributed by atoms with E-state index in [2.05, 4.69) is 19.1 Å². The SMILES string of the molecule is CCCCc1cc(OC)c(CC(C)N)cc1OC.Cl. The van der Waals surface area contributed by atoms with Crippen molar-refractivity contribution in [3.8, 4) is 11.5 Å². The van der Waals surface area contributed by atoms with E-state index in [9.17, 15) is 0 Å². The molecule has 0 aliphatic heterocycles. The first-order chi connectivity index (χ1) is 8.62. The van der Waals surface area contributed by atoms with Gasteiger partial charge < -0.3 is 15.2 Å². The maximum Gasteiger partial charge on any atom is 0.122 e. The molecule has 2 N–H and O–H groups in total. The lowest BCUT2D eigenvalue weighted by Crippen LogP contribution is -2.18. The lowest BCUT2D eigenvalue weighted by atomic mass is 10.0. The second kappa shape index (κ2) is 9.05. The van der Waals surface area contributed by atoms with E-state index in [4.69, 9.17) is 15.2 Å². The van der Waals surface area contributed by atoms with Gasteiger partial charge >= 0.3 is 0 Å². The van der Waals surface area contributed by atoms with Crippen LogP contribution in [0.25, 0.3) is 0 Å². The minimum Gasteiger partial charge on any atom is -0.496 e. The Hall–Kier alpha value is -0.930. The number of unbranched alkanes of at least 4 members (excludes halogenated alkanes) is 1. The molecule has 3 nitrogen and oxygen atoms in total. The van der Waals surface area contributed by atoms with Crippen LogP contribution in [-0.2, 0) is 12.8 Å². The highest BCUT2D eigenvalue weighted by molar-refractivity contribution is 5.85. The predicted octanol–water partition coefficient (Wildman–Crippen LogP) is 3.36. The van der Waals surface area contributed by atoms with Gasteiger partial charge in [0.05, 0.1) is 14.2 Å². The van der Waals surface area contributed by atoms with E-state index in [1.165, 1.54) is 12.0 Å². The van der Waals surface area contributed by atoms with E-state index in [-0.39, 0.29) is 18.4 Å². The van der Waals surface area contributed by atoms with E-state index in [1.807, 2.05) is 6.92 Å². The highest BCUT2D eigenvalue weighted by Crippen LogP contribution is 2.30. The molecular formula is C15H26ClNO2. The number of rotatable bonds is 7. The van der Waals surface area contributed by atoms with Crippen molar-refractivity contribution in [2.75, 3.05) is 14.2 Å². The van der Waals surface area contributed by atoms with Gasteiger partial charge in [-0.05, 0) is 49.4 Å². The van der Waals surface area contributed by atoms with Gasteiger partial charge in [-0.25, -0.2) is 0 Å². The summed E-state index contributed by atoms with van der Waals surface area (Å²) in [6, 6.07) is 4.27. The molecule has 0 spiro atoms. The van der Waals surface area contributed by atoms with Gasteiger partial charge in [0, 0.05) is 6.04 Å². The van der Waals surface area contributed by atoms with Gasteiger partial charge in [0.1, 0.15) is 11.5 Å². The summed E-state index contributed by atoms with van der Waals surface area (Å²) in [5, 5.41) is 0. The van der Waals surface area contributed by atoms with Crippen LogP contribution in [0.4, 0.5) is 0 Å². The van der Waals surface area contributed by atoms with E-state index < -0.39 is 0 Å². The predicted molar refractivity (Wildman–Crippen MR) is 82.8 cm³/mol. The fourth-order valence-corrected chi connectivity index (χ4v) is 2.09. The Bertz CT molecular complexity index is 381. The van der Waals surface area contributed by atoms with Crippen LogP contribution < -0.4 is 15.2 Å². The molecule has 0 heterocycles. The number of hydrogen-bond acceptors (Lipinski definition) is 3. The molecule has 0 aromatic heterocycles. The van der Waals surface area contributed by atoms with E-state index in [0.717, 1.165) is 36.3 Å². The number of nitrogens with two attached hydrogens (primary N) is 1. The second-order valence-electron chi connectivity index (χ2n) is 4.76. The summed E-state index contributed by atoms with van der Waals surface area (Å²) in [7, 11) is 3.42. The minimum atomic E-state index is 0. The number of hydrogen-bond donors (Lipinski definition) is 1. The third-order valence-corrected chi connectivity index (χ3v) is 3.03. The van der Waals surface area contributed by atoms with Crippen molar-refractivity contribution in [3.63, 3.8) is 0 Å². The molecule has 1 aromatic rings. The molecule has 0 aliphatic carbocycles. The molecule has 1 rings (SSSR count). The maximum atomic E-state index is 5.86. The van der Waals surface area contributed by atoms with Crippen LogP contribution >= 0.6 is 12.4 Å². The van der Waals surface area contributed by atoms with Gasteiger partial charge in [0.25, 0.3) is 0 Å². The first-order valence-corrected chi connectivity index (χ1v) is 6.61. The van der Waals surface area contributed by atoms with Crippen molar-refractivity contribution >= 4 is 12.4 Å². The monoisotopic (exact) mass is 287 g/mol. The van der Waals surface area contributed by atoms with E-state index >= 15 is 0 Å². The molecule has 0 bridgehead atoms. The van der Waals surface area contributed by atoms with Gasteiger partial charge in [-0.2, -0.15) is 0 Å². The number of methoxy groups -OCH3 is 2. The number of halogens is 1. The second-order valence-corrected chi connectivity index (χ2v) is 4.76. The van der Waals surface area contributed by atoms with Crippen molar-refractivity contribution in [1.29, 1.82) is 0 Å². The zero-order valence-electron chi connectivity index (χ0n) is 12.4. The van der Waals surface area contributed by atoms with Gasteiger partial charge in [-0.3, -0.25) is 0 Å². The topological polar surface area (TPSA) is 44.5 Å². The first-order valence-electron chi connectivity index (χ1n) is 6.61. The van der Waals surface area contributed by atoms with Crippen LogP contribution in [0, 0.1) is 0 Å². The molecule has 19 heavy (non-hydrogen) atoms. The largest absolute Gasteiger partial charge is 0.496 e. The van der Waals surface area contributed by atoms with E-state index in [0.29, 0.717) is 0 Å². The number of benzene rings is 1. The van der Waals surface area contributed by atoms with Gasteiger partial charge in [-0.1, -0.05) is 13.3 Å². The lowest BCUT2D eigenvalue weighted by Gasteiger charge is -2.16. The average Bonchev–Trinajstić information content (AvgIpc) is 2.35. The van der Waals surface area contributed by atoms with Crippen molar-refractivity contribution in [2.24, 2.45) is 5.73 Å². The number of ether oxygens (including phenoxy) is 2. The first kappa shape index (κ1) is 18.1. The summed E-state index contributed by atoms with van der Waals surface area (Å²) in [5.74, 6) is 1.86. The van der Waals surface area contributed by atoms with Crippen molar-refractivity contribution in [1.82, 2.24) is 0 Å². The molecular weight excluding hydrogens is 262 g/mol. The van der Waals surface area contributed by atoms with Crippen molar-refractivity contribution in [2.45, 2.75) is 45.6 Å². The highest BCUT2D eigenvalue weighted by Gasteiger charge is 2.12. The Morgan fingerprint density at radius 1 is 1.11 bits per heavy atom. The minimum absolute atomic E-state index is 0. The van der Waals surface area contributed by atoms with Crippen LogP contribution in [-0.4, -0.2) is 20.3 Å². The third-order valence-electron chi connectivity index (χ3n) is 3.03. The van der Waals surface area contributed by atoms with Gasteiger partial charge in [0.2, 0.25) is 0 Å². The Kier molecular flexibility index (Phi) is 8.61. The number of aryl methyl sites for hydroxylation is 1. The fourth-order valence-electron chi connectivity index (χ4n) is 2.09. The highest BCUT2D eigenvalue weighted by atomic mass is 35.5. The van der Waals surface area contributed by atoms with Gasteiger partial charge in [-0.15, -0.1) is 12.4 Å². The van der Waals surface area contributed by atoms with Crippen LogP contribution in [0.5, 0.6) is 11.5 Å². The molecule has 0 radical (unpaired) electrons. The molecule has 0 amide bonds. The zero-order valence-corrected chi connectivity index (χ0v) is 13.2. The van der Waals surface area contributed by atoms with Gasteiger partial charge in [0.15, 0.2) is 0 Å². The van der Waals surface area contributed by atoms with Crippen LogP contribution in [0.3, 0.4) is 0 Å². The molecule has 0 aliphatic rings. The fraction of sp³-hybridized carbons (Fsp3) is 0.600. The van der Waals surface area contributed by atoms with Crippen LogP contribution in [0.2, 0.25) is 0 Å². The molecule has 110 valence electrons. The Balaban J connectivity index is 0.00000324. The molecule has 0 fully saturated rings. The van der Waals surface area contributed by atoms with Crippen LogP contribution in [0.1, 0.15) is 37.8 Å². The Labute approximate surface area is 122 Å². The Morgan fingerprint density at radius 2 is 1.63 bits per heavy atom. The zero-order chi connectivity index (χ0) is 13.5. The molecule has 0 saturated carbocycles. The van der Waals surface area contributed by atoms with Crippen LogP contribution in [0.15, 0.2) is 12.1 Å². The van der Waals surface area contributed by atoms with E-state index in [1.54, 1.807) is 14.2 Å². The third kappa shape index (κ3) is 5.29. The molecule has 1 aromatic carbocycles. The standard InChI is InChI=1S/C15H25NO2.ClH/c1-5-6-7-12-9-15(18-4)13(8-11(2)16)10-14(12)17-3;/h9-11H,5-8,16H2,1-4H3;1H. The molecule has 1 unspecified atom stereocenters. The molecule has 0 saturated heterocycles. The summed E-state index contributed by atoms with van der Waals surface area (Å²) in [6.45, 7) is 4.19. The summed E-state index contributed by atoms with van der Waals surface area (Å²) in [6.07, 6.45) is 4.15. The average molecular weight is 288 g/mol. The van der Waals surface area contributed by atoms with Crippen molar-refractivity contribution in [3.05, 3.63) is 23.3 Å². The Morgan fingerprint density at radius 3 is 2.11 bits per heavy atom. The maximum absolute atomic E-state index is 5.86. The summed E-state index contributed by atoms with van der Waals surface area (Å²) >= 11 is 0. The lowest BCUT2D eigenvalue weighted by molar-refractivity contribution is 0.393. The quantitative estimate of drug-likeness (QED) is 0.836. The molecule has 1 atom stereocenters.